The number of hydrogen-bond acceptors (Lipinski definition) is 3. The van der Waals surface area contributed by atoms with Gasteiger partial charge in [-0.15, -0.1) is 0 Å². The summed E-state index contributed by atoms with van der Waals surface area (Å²) in [7, 11) is 0. The number of ether oxygens (including phenoxy) is 1. The van der Waals surface area contributed by atoms with Crippen molar-refractivity contribution in [2.75, 3.05) is 19.7 Å². The number of nitrogens with zero attached hydrogens (tertiary/aromatic N) is 1. The number of rotatable bonds is 9. The first-order valence-corrected chi connectivity index (χ1v) is 7.16. The van der Waals surface area contributed by atoms with Gasteiger partial charge in [0.05, 0.1) is 13.0 Å². The predicted molar refractivity (Wildman–Crippen MR) is 72.5 cm³/mol. The van der Waals surface area contributed by atoms with Gasteiger partial charge in [0, 0.05) is 12.0 Å². The van der Waals surface area contributed by atoms with E-state index in [0.29, 0.717) is 19.5 Å². The van der Waals surface area contributed by atoms with Crippen molar-refractivity contribution in [1.29, 1.82) is 0 Å². The summed E-state index contributed by atoms with van der Waals surface area (Å²) in [6.45, 7) is 9.11. The monoisotopic (exact) mass is 297 g/mol. The molecule has 0 aromatic carbocycles. The van der Waals surface area contributed by atoms with Crippen LogP contribution in [0.1, 0.15) is 53.4 Å². The topological polar surface area (TPSA) is 29.5 Å². The van der Waals surface area contributed by atoms with Crippen LogP contribution in [-0.4, -0.2) is 42.3 Å². The van der Waals surface area contributed by atoms with E-state index in [4.69, 9.17) is 4.74 Å². The first kappa shape index (κ1) is 19.2. The van der Waals surface area contributed by atoms with Crippen molar-refractivity contribution in [1.82, 2.24) is 4.90 Å². The molecule has 0 bridgehead atoms. The van der Waals surface area contributed by atoms with Crippen molar-refractivity contribution in [2.45, 2.75) is 65.1 Å². The van der Waals surface area contributed by atoms with E-state index >= 15 is 0 Å². The zero-order chi connectivity index (χ0) is 15.8. The Kier molecular flexibility index (Phi) is 8.16. The van der Waals surface area contributed by atoms with E-state index in [-0.39, 0.29) is 25.4 Å². The van der Waals surface area contributed by atoms with Gasteiger partial charge < -0.3 is 4.74 Å². The Morgan fingerprint density at radius 1 is 1.10 bits per heavy atom. The second-order valence-corrected chi connectivity index (χ2v) is 5.12. The summed E-state index contributed by atoms with van der Waals surface area (Å²) < 4.78 is 41.8. The normalized spacial score (nSPS) is 15.2. The van der Waals surface area contributed by atoms with Gasteiger partial charge in [-0.1, -0.05) is 13.8 Å². The molecule has 0 aliphatic carbocycles. The van der Waals surface area contributed by atoms with E-state index in [1.807, 2.05) is 25.7 Å². The molecule has 6 heteroatoms. The van der Waals surface area contributed by atoms with E-state index in [1.54, 1.807) is 6.92 Å². The third kappa shape index (κ3) is 7.12. The molecule has 1 unspecified atom stereocenters. The van der Waals surface area contributed by atoms with Crippen molar-refractivity contribution < 1.29 is 22.7 Å². The highest BCUT2D eigenvalue weighted by Gasteiger charge is 2.35. The summed E-state index contributed by atoms with van der Waals surface area (Å²) >= 11 is 0. The lowest BCUT2D eigenvalue weighted by Crippen LogP contribution is -2.48. The van der Waals surface area contributed by atoms with Crippen LogP contribution in [0, 0.1) is 0 Å². The molecule has 0 aliphatic heterocycles. The smallest absolute Gasteiger partial charge is 0.389 e. The molecule has 0 radical (unpaired) electrons. The Balaban J connectivity index is 4.73. The third-order valence-corrected chi connectivity index (χ3v) is 3.53. The van der Waals surface area contributed by atoms with Gasteiger partial charge in [0.25, 0.3) is 0 Å². The van der Waals surface area contributed by atoms with Gasteiger partial charge in [-0.3, -0.25) is 9.69 Å². The maximum Gasteiger partial charge on any atom is 0.389 e. The first-order valence-electron chi connectivity index (χ1n) is 7.16. The molecule has 0 rings (SSSR count). The average Bonchev–Trinajstić information content (AvgIpc) is 2.28. The Morgan fingerprint density at radius 3 is 2.05 bits per heavy atom. The van der Waals surface area contributed by atoms with Gasteiger partial charge >= 0.3 is 12.1 Å². The zero-order valence-electron chi connectivity index (χ0n) is 12.8. The van der Waals surface area contributed by atoms with Crippen LogP contribution >= 0.6 is 0 Å². The molecular formula is C14H26F3NO2. The predicted octanol–water partition coefficient (Wildman–Crippen LogP) is 3.77. The third-order valence-electron chi connectivity index (χ3n) is 3.53. The Bertz CT molecular complexity index is 291. The number of esters is 1. The van der Waals surface area contributed by atoms with Gasteiger partial charge in [-0.05, 0) is 39.8 Å². The Labute approximate surface area is 119 Å². The highest BCUT2D eigenvalue weighted by molar-refractivity contribution is 5.70. The second kappa shape index (κ2) is 8.49. The van der Waals surface area contributed by atoms with E-state index in [2.05, 4.69) is 0 Å². The molecule has 0 amide bonds. The van der Waals surface area contributed by atoms with Crippen LogP contribution in [0.2, 0.25) is 0 Å². The minimum atomic E-state index is -4.14. The number of carbonyl (C=O) groups excluding carboxylic acids is 1. The first-order chi connectivity index (χ1) is 9.18. The van der Waals surface area contributed by atoms with Crippen molar-refractivity contribution in [3.8, 4) is 0 Å². The molecule has 0 spiro atoms. The van der Waals surface area contributed by atoms with Gasteiger partial charge in [0.2, 0.25) is 0 Å². The minimum Gasteiger partial charge on any atom is -0.466 e. The molecule has 1 atom stereocenters. The van der Waals surface area contributed by atoms with Gasteiger partial charge in [-0.2, -0.15) is 13.2 Å². The molecule has 0 aliphatic rings. The van der Waals surface area contributed by atoms with E-state index in [1.165, 1.54) is 0 Å². The van der Waals surface area contributed by atoms with Crippen LogP contribution in [0.4, 0.5) is 13.2 Å². The molecule has 20 heavy (non-hydrogen) atoms. The van der Waals surface area contributed by atoms with Crippen LogP contribution in [0.3, 0.4) is 0 Å². The van der Waals surface area contributed by atoms with Crippen LogP contribution in [0.15, 0.2) is 0 Å². The standard InChI is InChI=1S/C14H26F3NO2/c1-5-18(6-2)13(4,11-12(19)20-7-3)9-8-10-14(15,16)17/h5-11H2,1-4H3. The molecule has 3 nitrogen and oxygen atoms in total. The fourth-order valence-corrected chi connectivity index (χ4v) is 2.54. The van der Waals surface area contributed by atoms with Gasteiger partial charge in [-0.25, -0.2) is 0 Å². The summed E-state index contributed by atoms with van der Waals surface area (Å²) in [5, 5.41) is 0. The van der Waals surface area contributed by atoms with Crippen molar-refractivity contribution in [3.05, 3.63) is 0 Å². The molecular weight excluding hydrogens is 271 g/mol. The van der Waals surface area contributed by atoms with Crippen LogP contribution in [-0.2, 0) is 9.53 Å². The lowest BCUT2D eigenvalue weighted by Gasteiger charge is -2.40. The fraction of sp³-hybridized carbons (Fsp3) is 0.929. The van der Waals surface area contributed by atoms with E-state index in [0.717, 1.165) is 0 Å². The Morgan fingerprint density at radius 2 is 1.65 bits per heavy atom. The van der Waals surface area contributed by atoms with Crippen LogP contribution in [0.25, 0.3) is 0 Å². The van der Waals surface area contributed by atoms with E-state index < -0.39 is 18.1 Å². The number of carbonyl (C=O) groups is 1. The van der Waals surface area contributed by atoms with Crippen molar-refractivity contribution in [3.63, 3.8) is 0 Å². The summed E-state index contributed by atoms with van der Waals surface area (Å²) in [5.41, 5.74) is -0.582. The van der Waals surface area contributed by atoms with Gasteiger partial charge in [0.1, 0.15) is 0 Å². The van der Waals surface area contributed by atoms with Gasteiger partial charge in [0.15, 0.2) is 0 Å². The molecule has 0 saturated heterocycles. The lowest BCUT2D eigenvalue weighted by atomic mass is 9.88. The zero-order valence-corrected chi connectivity index (χ0v) is 12.8. The molecule has 0 heterocycles. The minimum absolute atomic E-state index is 0.0237. The summed E-state index contributed by atoms with van der Waals surface area (Å²) in [4.78, 5) is 13.7. The maximum atomic E-state index is 12.3. The van der Waals surface area contributed by atoms with E-state index in [9.17, 15) is 18.0 Å². The summed E-state index contributed by atoms with van der Waals surface area (Å²) in [6.07, 6.45) is -4.48. The average molecular weight is 297 g/mol. The van der Waals surface area contributed by atoms with Crippen LogP contribution in [0.5, 0.6) is 0 Å². The maximum absolute atomic E-state index is 12.3. The van der Waals surface area contributed by atoms with Crippen molar-refractivity contribution in [2.24, 2.45) is 0 Å². The highest BCUT2D eigenvalue weighted by Crippen LogP contribution is 2.30. The molecule has 0 aromatic heterocycles. The quantitative estimate of drug-likeness (QED) is 0.607. The molecule has 0 fully saturated rings. The second-order valence-electron chi connectivity index (χ2n) is 5.12. The lowest BCUT2D eigenvalue weighted by molar-refractivity contribution is -0.147. The highest BCUT2D eigenvalue weighted by atomic mass is 19.4. The summed E-state index contributed by atoms with van der Waals surface area (Å²) in [5.74, 6) is -0.353. The molecule has 0 aromatic rings. The summed E-state index contributed by atoms with van der Waals surface area (Å²) in [6, 6.07) is 0. The van der Waals surface area contributed by atoms with Crippen molar-refractivity contribution >= 4 is 5.97 Å². The number of halogens is 3. The Hall–Kier alpha value is -0.780. The molecule has 120 valence electrons. The molecule has 0 saturated carbocycles. The number of hydrogen-bond donors (Lipinski definition) is 0. The SMILES string of the molecule is CCOC(=O)CC(C)(CCCC(F)(F)F)N(CC)CC. The largest absolute Gasteiger partial charge is 0.466 e. The molecule has 0 N–H and O–H groups in total. The fourth-order valence-electron chi connectivity index (χ4n) is 2.54. The van der Waals surface area contributed by atoms with Crippen LogP contribution < -0.4 is 0 Å². The number of alkyl halides is 3.